The maximum atomic E-state index is 13.2. The van der Waals surface area contributed by atoms with Gasteiger partial charge in [0.15, 0.2) is 12.6 Å². The Morgan fingerprint density at radius 2 is 0.831 bits per heavy atom. The number of allylic oxidation sites excluding steroid dienone is 22. The van der Waals surface area contributed by atoms with E-state index in [1.54, 1.807) is 0 Å². The topological polar surface area (TPSA) is 228 Å². The number of nitrogens with one attached hydrogen (secondary N) is 1. The molecule has 2 aliphatic heterocycles. The molecule has 0 bridgehead atoms. The Hall–Kier alpha value is -3.87. The molecule has 2 aliphatic rings. The molecule has 14 nitrogen and oxygen atoms in total. The number of hydrogen-bond acceptors (Lipinski definition) is 13. The first kappa shape index (κ1) is 75.2. The Morgan fingerprint density at radius 3 is 1.28 bits per heavy atom. The van der Waals surface area contributed by atoms with Crippen molar-refractivity contribution in [1.29, 1.82) is 0 Å². The van der Waals surface area contributed by atoms with Gasteiger partial charge in [-0.15, -0.1) is 0 Å². The summed E-state index contributed by atoms with van der Waals surface area (Å²) in [7, 11) is 0. The van der Waals surface area contributed by atoms with Gasteiger partial charge in [0.2, 0.25) is 5.91 Å². The van der Waals surface area contributed by atoms with E-state index in [2.05, 4.69) is 153 Å². The summed E-state index contributed by atoms with van der Waals surface area (Å²) >= 11 is 0. The van der Waals surface area contributed by atoms with Gasteiger partial charge in [-0.1, -0.05) is 231 Å². The van der Waals surface area contributed by atoms with E-state index in [1.807, 2.05) is 0 Å². The molecule has 0 aromatic rings. The lowest BCUT2D eigenvalue weighted by Gasteiger charge is -2.46. The fourth-order valence-corrected chi connectivity index (χ4v) is 9.53. The van der Waals surface area contributed by atoms with Crippen molar-refractivity contribution in [3.8, 4) is 0 Å². The third-order valence-electron chi connectivity index (χ3n) is 14.6. The van der Waals surface area contributed by atoms with E-state index in [9.17, 15) is 45.6 Å². The Kier molecular flexibility index (Phi) is 47.5. The van der Waals surface area contributed by atoms with Crippen LogP contribution in [0.5, 0.6) is 0 Å². The zero-order valence-corrected chi connectivity index (χ0v) is 50.9. The second-order valence-corrected chi connectivity index (χ2v) is 21.8. The summed E-state index contributed by atoms with van der Waals surface area (Å²) in [6, 6.07) is -0.841. The summed E-state index contributed by atoms with van der Waals surface area (Å²) in [5.41, 5.74) is 0. The third-order valence-corrected chi connectivity index (χ3v) is 14.6. The summed E-state index contributed by atoms with van der Waals surface area (Å²) in [5.74, 6) is -0.228. The monoisotopic (exact) mass is 1160 g/mol. The van der Waals surface area contributed by atoms with Crippen LogP contribution in [-0.2, 0) is 23.7 Å². The predicted molar refractivity (Wildman–Crippen MR) is 336 cm³/mol. The third kappa shape index (κ3) is 37.3. The van der Waals surface area contributed by atoms with Crippen LogP contribution in [-0.4, -0.2) is 140 Å². The molecule has 83 heavy (non-hydrogen) atoms. The molecule has 2 rings (SSSR count). The highest BCUT2D eigenvalue weighted by Gasteiger charge is 2.51. The van der Waals surface area contributed by atoms with Gasteiger partial charge in [-0.3, -0.25) is 4.79 Å². The molecular weight excluding hydrogens is 1050 g/mol. The minimum Gasteiger partial charge on any atom is -0.394 e. The largest absolute Gasteiger partial charge is 0.394 e. The second-order valence-electron chi connectivity index (χ2n) is 21.8. The van der Waals surface area contributed by atoms with Crippen LogP contribution in [0.2, 0.25) is 0 Å². The predicted octanol–water partition coefficient (Wildman–Crippen LogP) is 11.9. The van der Waals surface area contributed by atoms with Crippen LogP contribution in [0.3, 0.4) is 0 Å². The normalized spacial score (nSPS) is 24.7. The van der Waals surface area contributed by atoms with Crippen LogP contribution in [0, 0.1) is 0 Å². The highest BCUT2D eigenvalue weighted by Crippen LogP contribution is 2.30. The van der Waals surface area contributed by atoms with Crippen molar-refractivity contribution in [3.63, 3.8) is 0 Å². The Balaban J connectivity index is 1.58. The average molecular weight is 1160 g/mol. The summed E-state index contributed by atoms with van der Waals surface area (Å²) < 4.78 is 22.7. The summed E-state index contributed by atoms with van der Waals surface area (Å²) in [5, 5.41) is 86.9. The van der Waals surface area contributed by atoms with Gasteiger partial charge >= 0.3 is 0 Å². The standard InChI is InChI=1S/C69H113NO13/c1-3-5-7-9-11-13-14-15-16-17-18-19-20-21-22-23-24-25-26-27-28-29-30-31-32-33-34-35-36-37-38-39-40-41-42-43-44-45-47-49-51-53-61(74)70-57(58(73)52-50-48-46-12-10-8-6-4-2)56-80-68-66(79)64(77)67(60(55-72)82-68)83-69-65(78)63(76)62(75)59(54-71)81-69/h5,7,11,13,15-16,18-19,21-22,24-25,27-28,30-31,33-34,36-37,39-40,57-60,62-69,71-73,75-79H,3-4,6,8-10,12,14,17,20,23,26,29,32,35,38,41-56H2,1-2H3,(H,70,74)/b7-5-,13-11-,16-15-,19-18-,22-21-,25-24-,28-27-,31-30-,34-33-,37-36-,40-39-. The van der Waals surface area contributed by atoms with E-state index < -0.39 is 86.8 Å². The van der Waals surface area contributed by atoms with E-state index in [0.29, 0.717) is 12.8 Å². The number of ether oxygens (including phenoxy) is 4. The molecular formula is C69H113NO13. The van der Waals surface area contributed by atoms with Crippen molar-refractivity contribution in [2.75, 3.05) is 19.8 Å². The first-order valence-corrected chi connectivity index (χ1v) is 31.9. The van der Waals surface area contributed by atoms with E-state index in [1.165, 1.54) is 32.1 Å². The molecule has 9 N–H and O–H groups in total. The molecule has 1 amide bonds. The molecule has 14 heteroatoms. The number of rotatable bonds is 49. The maximum Gasteiger partial charge on any atom is 0.220 e. The molecule has 0 spiro atoms. The van der Waals surface area contributed by atoms with E-state index in [-0.39, 0.29) is 18.9 Å². The van der Waals surface area contributed by atoms with E-state index in [4.69, 9.17) is 18.9 Å². The molecule has 472 valence electrons. The van der Waals surface area contributed by atoms with Gasteiger partial charge in [0.05, 0.1) is 32.0 Å². The van der Waals surface area contributed by atoms with Gasteiger partial charge in [0.1, 0.15) is 48.8 Å². The Labute approximate surface area is 500 Å². The SMILES string of the molecule is CC/C=C\C/C=C\C/C=C\C/C=C\C/C=C\C/C=C\C/C=C\C/C=C\C/C=C\C/C=C\C/C=C\CCCCCCCCCC(=O)NC(COC1OC(CO)C(OC2OC(CO)C(O)C(O)C2O)C(O)C1O)C(O)CCCCCCCCCC. The van der Waals surface area contributed by atoms with Crippen molar-refractivity contribution in [3.05, 3.63) is 134 Å². The number of unbranched alkanes of at least 4 members (excludes halogenated alkanes) is 14. The van der Waals surface area contributed by atoms with Gasteiger partial charge in [0, 0.05) is 6.42 Å². The summed E-state index contributed by atoms with van der Waals surface area (Å²) in [6.07, 6.45) is 60.7. The summed E-state index contributed by atoms with van der Waals surface area (Å²) in [4.78, 5) is 13.2. The minimum absolute atomic E-state index is 0.228. The fraction of sp³-hybridized carbons (Fsp3) is 0.667. The molecule has 0 aromatic carbocycles. The van der Waals surface area contributed by atoms with Gasteiger partial charge in [0.25, 0.3) is 0 Å². The van der Waals surface area contributed by atoms with Crippen molar-refractivity contribution in [2.24, 2.45) is 0 Å². The fourth-order valence-electron chi connectivity index (χ4n) is 9.53. The number of amides is 1. The number of carbonyl (C=O) groups excluding carboxylic acids is 1. The summed E-state index contributed by atoms with van der Waals surface area (Å²) in [6.45, 7) is 2.67. The first-order valence-electron chi connectivity index (χ1n) is 31.9. The molecule has 0 aliphatic carbocycles. The van der Waals surface area contributed by atoms with Crippen LogP contribution < -0.4 is 5.32 Å². The molecule has 0 saturated carbocycles. The zero-order chi connectivity index (χ0) is 60.2. The lowest BCUT2D eigenvalue weighted by Crippen LogP contribution is -2.65. The lowest BCUT2D eigenvalue weighted by atomic mass is 9.97. The highest BCUT2D eigenvalue weighted by molar-refractivity contribution is 5.76. The molecule has 0 radical (unpaired) electrons. The van der Waals surface area contributed by atoms with Crippen LogP contribution in [0.15, 0.2) is 134 Å². The average Bonchev–Trinajstić information content (AvgIpc) is 3.45. The van der Waals surface area contributed by atoms with Gasteiger partial charge < -0.3 is 65.1 Å². The Bertz CT molecular complexity index is 1900. The van der Waals surface area contributed by atoms with Crippen molar-refractivity contribution < 1.29 is 64.6 Å². The number of carbonyl (C=O) groups is 1. The number of hydrogen-bond donors (Lipinski definition) is 9. The van der Waals surface area contributed by atoms with Crippen molar-refractivity contribution >= 4 is 5.91 Å². The molecule has 12 atom stereocenters. The van der Waals surface area contributed by atoms with Crippen LogP contribution in [0.25, 0.3) is 0 Å². The molecule has 0 aromatic heterocycles. The van der Waals surface area contributed by atoms with Crippen molar-refractivity contribution in [1.82, 2.24) is 5.32 Å². The van der Waals surface area contributed by atoms with Crippen molar-refractivity contribution in [2.45, 2.75) is 274 Å². The second kappa shape index (κ2) is 52.5. The van der Waals surface area contributed by atoms with E-state index in [0.717, 1.165) is 135 Å². The molecule has 12 unspecified atom stereocenters. The maximum absolute atomic E-state index is 13.2. The smallest absolute Gasteiger partial charge is 0.220 e. The molecule has 2 saturated heterocycles. The van der Waals surface area contributed by atoms with Crippen LogP contribution in [0.1, 0.15) is 200 Å². The molecule has 2 fully saturated rings. The van der Waals surface area contributed by atoms with E-state index >= 15 is 0 Å². The van der Waals surface area contributed by atoms with Gasteiger partial charge in [-0.25, -0.2) is 0 Å². The lowest BCUT2D eigenvalue weighted by molar-refractivity contribution is -0.359. The number of aliphatic hydroxyl groups excluding tert-OH is 8. The highest BCUT2D eigenvalue weighted by atomic mass is 16.7. The Morgan fingerprint density at radius 1 is 0.446 bits per heavy atom. The van der Waals surface area contributed by atoms with Crippen LogP contribution in [0.4, 0.5) is 0 Å². The molecule has 2 heterocycles. The van der Waals surface area contributed by atoms with Gasteiger partial charge in [-0.2, -0.15) is 0 Å². The van der Waals surface area contributed by atoms with Crippen LogP contribution >= 0.6 is 0 Å². The van der Waals surface area contributed by atoms with Gasteiger partial charge in [-0.05, 0) is 96.3 Å². The number of aliphatic hydroxyl groups is 8. The first-order chi connectivity index (χ1) is 40.6. The zero-order valence-electron chi connectivity index (χ0n) is 50.9. The quantitative estimate of drug-likeness (QED) is 0.0204. The minimum atomic E-state index is -1.79.